The van der Waals surface area contributed by atoms with E-state index in [1.807, 2.05) is 6.20 Å². The molecule has 4 heteroatoms. The van der Waals surface area contributed by atoms with Crippen LogP contribution in [0.2, 0.25) is 0 Å². The zero-order chi connectivity index (χ0) is 13.0. The molecule has 0 amide bonds. The van der Waals surface area contributed by atoms with Crippen LogP contribution in [0.3, 0.4) is 0 Å². The van der Waals surface area contributed by atoms with Gasteiger partial charge in [-0.3, -0.25) is 0 Å². The minimum Gasteiger partial charge on any atom is -0.330 e. The lowest BCUT2D eigenvalue weighted by molar-refractivity contribution is 0.231. The number of nitrogens with one attached hydrogen (secondary N) is 1. The van der Waals surface area contributed by atoms with Crippen molar-refractivity contribution in [1.82, 2.24) is 10.3 Å². The van der Waals surface area contributed by atoms with E-state index in [9.17, 15) is 0 Å². The van der Waals surface area contributed by atoms with Crippen LogP contribution in [0, 0.1) is 18.8 Å². The highest BCUT2D eigenvalue weighted by Gasteiger charge is 2.24. The number of aryl methyl sites for hydroxylation is 1. The number of nitrogens with two attached hydrogens (primary N) is 1. The number of thiazole rings is 1. The summed E-state index contributed by atoms with van der Waals surface area (Å²) in [6.07, 6.45) is 7.33. The van der Waals surface area contributed by atoms with Crippen molar-refractivity contribution in [3.63, 3.8) is 0 Å². The molecule has 0 saturated heterocycles. The Morgan fingerprint density at radius 2 is 2.17 bits per heavy atom. The third-order valence-electron chi connectivity index (χ3n) is 4.07. The van der Waals surface area contributed by atoms with Crippen LogP contribution in [0.4, 0.5) is 0 Å². The minimum atomic E-state index is 0.365. The average Bonchev–Trinajstić information content (AvgIpc) is 2.83. The van der Waals surface area contributed by atoms with Gasteiger partial charge in [-0.05, 0) is 51.6 Å². The van der Waals surface area contributed by atoms with Crippen LogP contribution in [0.25, 0.3) is 0 Å². The maximum Gasteiger partial charge on any atom is 0.109 e. The molecule has 1 aromatic heterocycles. The molecule has 0 radical (unpaired) electrons. The minimum absolute atomic E-state index is 0.365. The van der Waals surface area contributed by atoms with Crippen molar-refractivity contribution in [2.75, 3.05) is 13.1 Å². The summed E-state index contributed by atoms with van der Waals surface area (Å²) in [7, 11) is 0. The first-order valence-corrected chi connectivity index (χ1v) is 7.88. The molecule has 2 rings (SSSR count). The van der Waals surface area contributed by atoms with E-state index in [2.05, 4.69) is 24.1 Å². The second-order valence-corrected chi connectivity index (χ2v) is 6.75. The number of rotatable bonds is 5. The molecule has 3 N–H and O–H groups in total. The Morgan fingerprint density at radius 3 is 2.78 bits per heavy atom. The molecule has 0 spiro atoms. The summed E-state index contributed by atoms with van der Waals surface area (Å²) in [5.41, 5.74) is 5.88. The summed E-state index contributed by atoms with van der Waals surface area (Å²) in [5.74, 6) is 1.48. The predicted molar refractivity (Wildman–Crippen MR) is 77.8 cm³/mol. The number of nitrogens with zero attached hydrogens (tertiary/aromatic N) is 1. The van der Waals surface area contributed by atoms with Gasteiger partial charge in [-0.25, -0.2) is 4.98 Å². The Bertz CT molecular complexity index is 364. The van der Waals surface area contributed by atoms with Gasteiger partial charge in [0.05, 0.1) is 6.04 Å². The Kier molecular flexibility index (Phi) is 5.15. The molecule has 0 aromatic carbocycles. The first-order valence-electron chi connectivity index (χ1n) is 7.06. The van der Waals surface area contributed by atoms with Gasteiger partial charge in [0, 0.05) is 11.1 Å². The molecule has 1 aromatic rings. The highest BCUT2D eigenvalue weighted by molar-refractivity contribution is 7.11. The van der Waals surface area contributed by atoms with Crippen LogP contribution in [-0.2, 0) is 0 Å². The fourth-order valence-electron chi connectivity index (χ4n) is 2.85. The summed E-state index contributed by atoms with van der Waals surface area (Å²) >= 11 is 1.79. The third-order valence-corrected chi connectivity index (χ3v) is 5.16. The van der Waals surface area contributed by atoms with E-state index in [1.165, 1.54) is 35.6 Å². The second-order valence-electron chi connectivity index (χ2n) is 5.48. The summed E-state index contributed by atoms with van der Waals surface area (Å²) in [4.78, 5) is 5.74. The molecule has 1 aliphatic carbocycles. The third kappa shape index (κ3) is 3.53. The fourth-order valence-corrected chi connectivity index (χ4v) is 3.65. The smallest absolute Gasteiger partial charge is 0.109 e. The van der Waals surface area contributed by atoms with Gasteiger partial charge in [0.15, 0.2) is 0 Å². The monoisotopic (exact) mass is 267 g/mol. The molecule has 3 unspecified atom stereocenters. The Balaban J connectivity index is 1.83. The van der Waals surface area contributed by atoms with Crippen LogP contribution in [0.5, 0.6) is 0 Å². The number of hydrogen-bond donors (Lipinski definition) is 2. The van der Waals surface area contributed by atoms with Crippen molar-refractivity contribution in [1.29, 1.82) is 0 Å². The molecule has 1 saturated carbocycles. The molecule has 3 nitrogen and oxygen atoms in total. The van der Waals surface area contributed by atoms with Gasteiger partial charge in [0.25, 0.3) is 0 Å². The van der Waals surface area contributed by atoms with E-state index in [0.29, 0.717) is 6.04 Å². The first kappa shape index (κ1) is 14.0. The fraction of sp³-hybridized carbons (Fsp3) is 0.786. The zero-order valence-electron chi connectivity index (χ0n) is 11.5. The molecule has 102 valence electrons. The van der Waals surface area contributed by atoms with Crippen molar-refractivity contribution >= 4 is 11.3 Å². The molecule has 1 aliphatic rings. The Morgan fingerprint density at radius 1 is 1.44 bits per heavy atom. The van der Waals surface area contributed by atoms with Gasteiger partial charge in [0.2, 0.25) is 0 Å². The normalized spacial score (nSPS) is 26.2. The molecule has 0 bridgehead atoms. The molecule has 1 heterocycles. The van der Waals surface area contributed by atoms with Gasteiger partial charge >= 0.3 is 0 Å². The topological polar surface area (TPSA) is 50.9 Å². The molecule has 18 heavy (non-hydrogen) atoms. The van der Waals surface area contributed by atoms with Crippen LogP contribution in [-0.4, -0.2) is 18.1 Å². The van der Waals surface area contributed by atoms with E-state index in [4.69, 9.17) is 5.73 Å². The summed E-state index contributed by atoms with van der Waals surface area (Å²) < 4.78 is 0. The van der Waals surface area contributed by atoms with Gasteiger partial charge < -0.3 is 11.1 Å². The van der Waals surface area contributed by atoms with Crippen LogP contribution < -0.4 is 11.1 Å². The van der Waals surface area contributed by atoms with Gasteiger partial charge in [-0.1, -0.05) is 12.8 Å². The quantitative estimate of drug-likeness (QED) is 0.862. The zero-order valence-corrected chi connectivity index (χ0v) is 12.3. The predicted octanol–water partition coefficient (Wildman–Crippen LogP) is 2.87. The summed E-state index contributed by atoms with van der Waals surface area (Å²) in [6.45, 7) is 6.25. The van der Waals surface area contributed by atoms with Crippen molar-refractivity contribution in [2.24, 2.45) is 17.6 Å². The molecular formula is C14H25N3S. The van der Waals surface area contributed by atoms with Gasteiger partial charge in [-0.2, -0.15) is 0 Å². The van der Waals surface area contributed by atoms with E-state index in [0.717, 1.165) is 24.9 Å². The van der Waals surface area contributed by atoms with E-state index in [1.54, 1.807) is 11.3 Å². The van der Waals surface area contributed by atoms with Crippen molar-refractivity contribution in [3.05, 3.63) is 16.1 Å². The SMILES string of the molecule is Cc1cnc(C(C)NCC2CCCCC2CN)s1. The lowest BCUT2D eigenvalue weighted by Gasteiger charge is -2.31. The highest BCUT2D eigenvalue weighted by atomic mass is 32.1. The highest BCUT2D eigenvalue weighted by Crippen LogP contribution is 2.29. The van der Waals surface area contributed by atoms with Crippen LogP contribution in [0.15, 0.2) is 6.20 Å². The van der Waals surface area contributed by atoms with Gasteiger partial charge in [-0.15, -0.1) is 11.3 Å². The average molecular weight is 267 g/mol. The Labute approximate surface area is 114 Å². The van der Waals surface area contributed by atoms with Crippen LogP contribution in [0.1, 0.15) is 48.5 Å². The van der Waals surface area contributed by atoms with E-state index >= 15 is 0 Å². The standard InChI is InChI=1S/C14H25N3S/c1-10-8-17-14(18-10)11(2)16-9-13-6-4-3-5-12(13)7-15/h8,11-13,16H,3-7,9,15H2,1-2H3. The molecule has 0 aliphatic heterocycles. The maximum absolute atomic E-state index is 5.88. The lowest BCUT2D eigenvalue weighted by atomic mass is 9.79. The van der Waals surface area contributed by atoms with E-state index < -0.39 is 0 Å². The summed E-state index contributed by atoms with van der Waals surface area (Å²) in [5, 5.41) is 4.84. The molecular weight excluding hydrogens is 242 g/mol. The second kappa shape index (κ2) is 6.64. The molecule has 1 fully saturated rings. The van der Waals surface area contributed by atoms with Crippen molar-refractivity contribution < 1.29 is 0 Å². The number of hydrogen-bond acceptors (Lipinski definition) is 4. The van der Waals surface area contributed by atoms with Crippen molar-refractivity contribution in [3.8, 4) is 0 Å². The summed E-state index contributed by atoms with van der Waals surface area (Å²) in [6, 6.07) is 0.365. The Hall–Kier alpha value is -0.450. The maximum atomic E-state index is 5.88. The largest absolute Gasteiger partial charge is 0.330 e. The number of aromatic nitrogens is 1. The van der Waals surface area contributed by atoms with Crippen LogP contribution >= 0.6 is 11.3 Å². The lowest BCUT2D eigenvalue weighted by Crippen LogP contribution is -2.35. The van der Waals surface area contributed by atoms with Crippen molar-refractivity contribution in [2.45, 2.75) is 45.6 Å². The van der Waals surface area contributed by atoms with Gasteiger partial charge in [0.1, 0.15) is 5.01 Å². The first-order chi connectivity index (χ1) is 8.70. The molecule has 3 atom stereocenters. The van der Waals surface area contributed by atoms with E-state index in [-0.39, 0.29) is 0 Å².